The molecule has 0 aliphatic carbocycles. The Kier molecular flexibility index (Phi) is 6.44. The number of hydrogen-bond donors (Lipinski definition) is 3. The predicted molar refractivity (Wildman–Crippen MR) is 101 cm³/mol. The fraction of sp³-hybridized carbons (Fsp3) is 0.450. The highest BCUT2D eigenvalue weighted by atomic mass is 16.3. The number of aryl methyl sites for hydroxylation is 1. The lowest BCUT2D eigenvalue weighted by Crippen LogP contribution is -2.39. The highest BCUT2D eigenvalue weighted by molar-refractivity contribution is 5.78. The number of carbonyl (C=O) groups excluding carboxylic acids is 1. The van der Waals surface area contributed by atoms with Gasteiger partial charge in [-0.05, 0) is 31.5 Å². The van der Waals surface area contributed by atoms with Crippen LogP contribution >= 0.6 is 0 Å². The van der Waals surface area contributed by atoms with E-state index >= 15 is 0 Å². The van der Waals surface area contributed by atoms with Crippen molar-refractivity contribution < 1.29 is 9.21 Å². The number of benzene rings is 1. The zero-order chi connectivity index (χ0) is 18.4. The van der Waals surface area contributed by atoms with Gasteiger partial charge in [0.1, 0.15) is 11.5 Å². The van der Waals surface area contributed by atoms with E-state index in [4.69, 9.17) is 4.42 Å². The molecule has 6 heteroatoms. The summed E-state index contributed by atoms with van der Waals surface area (Å²) in [6.45, 7) is 7.26. The summed E-state index contributed by atoms with van der Waals surface area (Å²) in [7, 11) is 0. The second-order valence-corrected chi connectivity index (χ2v) is 6.74. The van der Waals surface area contributed by atoms with E-state index in [1.807, 2.05) is 49.1 Å². The number of furan rings is 1. The molecule has 6 nitrogen and oxygen atoms in total. The third kappa shape index (κ3) is 4.72. The maximum absolute atomic E-state index is 12.5. The number of hydrogen-bond acceptors (Lipinski definition) is 5. The highest BCUT2D eigenvalue weighted by Gasteiger charge is 2.30. The van der Waals surface area contributed by atoms with E-state index in [-0.39, 0.29) is 11.9 Å². The number of nitrogens with zero attached hydrogens (tertiary/aromatic N) is 1. The van der Waals surface area contributed by atoms with Gasteiger partial charge in [0.05, 0.1) is 12.6 Å². The molecule has 3 rings (SSSR count). The summed E-state index contributed by atoms with van der Waals surface area (Å²) in [4.78, 5) is 14.4. The molecule has 140 valence electrons. The molecule has 3 N–H and O–H groups in total. The minimum absolute atomic E-state index is 0.123. The third-order valence-electron chi connectivity index (χ3n) is 4.79. The van der Waals surface area contributed by atoms with Gasteiger partial charge in [0.15, 0.2) is 0 Å². The lowest BCUT2D eigenvalue weighted by molar-refractivity contribution is -0.130. The van der Waals surface area contributed by atoms with Crippen LogP contribution in [-0.4, -0.2) is 37.0 Å². The van der Waals surface area contributed by atoms with Crippen LogP contribution in [0.1, 0.15) is 30.0 Å². The van der Waals surface area contributed by atoms with Gasteiger partial charge >= 0.3 is 0 Å². The minimum atomic E-state index is 0.123. The molecule has 2 unspecified atom stereocenters. The number of hydrazine groups is 1. The Hall–Kier alpha value is -2.15. The normalized spacial score (nSPS) is 19.6. The first-order chi connectivity index (χ1) is 12.7. The van der Waals surface area contributed by atoms with Gasteiger partial charge in [0, 0.05) is 32.1 Å². The van der Waals surface area contributed by atoms with Crippen LogP contribution in [0.5, 0.6) is 0 Å². The summed E-state index contributed by atoms with van der Waals surface area (Å²) in [6, 6.07) is 14.2. The van der Waals surface area contributed by atoms with Crippen molar-refractivity contribution in [1.82, 2.24) is 21.1 Å². The van der Waals surface area contributed by atoms with Crippen LogP contribution in [0.3, 0.4) is 0 Å². The highest BCUT2D eigenvalue weighted by Crippen LogP contribution is 2.25. The van der Waals surface area contributed by atoms with Crippen molar-refractivity contribution >= 4 is 5.91 Å². The van der Waals surface area contributed by atoms with Crippen LogP contribution in [0.2, 0.25) is 0 Å². The molecule has 1 saturated heterocycles. The van der Waals surface area contributed by atoms with Gasteiger partial charge in [-0.2, -0.15) is 0 Å². The summed E-state index contributed by atoms with van der Waals surface area (Å²) in [6.07, 6.45) is 0. The van der Waals surface area contributed by atoms with E-state index in [0.717, 1.165) is 30.2 Å². The smallest absolute Gasteiger partial charge is 0.236 e. The molecule has 0 bridgehead atoms. The topological polar surface area (TPSA) is 69.5 Å². The van der Waals surface area contributed by atoms with E-state index in [1.54, 1.807) is 0 Å². The van der Waals surface area contributed by atoms with Crippen molar-refractivity contribution in [3.05, 3.63) is 59.5 Å². The second-order valence-electron chi connectivity index (χ2n) is 6.74. The fourth-order valence-corrected chi connectivity index (χ4v) is 3.31. The van der Waals surface area contributed by atoms with E-state index < -0.39 is 0 Å². The number of amides is 1. The van der Waals surface area contributed by atoms with E-state index in [1.165, 1.54) is 0 Å². The van der Waals surface area contributed by atoms with Crippen molar-refractivity contribution in [2.24, 2.45) is 5.92 Å². The van der Waals surface area contributed by atoms with Crippen molar-refractivity contribution in [1.29, 1.82) is 0 Å². The van der Waals surface area contributed by atoms with Gasteiger partial charge in [0.2, 0.25) is 5.91 Å². The fourth-order valence-electron chi connectivity index (χ4n) is 3.31. The third-order valence-corrected chi connectivity index (χ3v) is 4.79. The molecule has 1 aliphatic heterocycles. The molecule has 0 saturated carbocycles. The van der Waals surface area contributed by atoms with Gasteiger partial charge < -0.3 is 14.6 Å². The average Bonchev–Trinajstić information content (AvgIpc) is 3.29. The molecule has 1 aliphatic rings. The first-order valence-electron chi connectivity index (χ1n) is 9.24. The zero-order valence-corrected chi connectivity index (χ0v) is 15.5. The predicted octanol–water partition coefficient (Wildman–Crippen LogP) is 1.99. The Morgan fingerprint density at radius 3 is 2.77 bits per heavy atom. The zero-order valence-electron chi connectivity index (χ0n) is 15.5. The summed E-state index contributed by atoms with van der Waals surface area (Å²) in [5.74, 6) is 2.30. The first kappa shape index (κ1) is 18.6. The molecule has 2 aromatic rings. The number of likely N-dealkylation sites (N-methyl/N-ethyl adjacent to an activating group) is 1. The van der Waals surface area contributed by atoms with Crippen molar-refractivity contribution in [2.75, 3.05) is 26.2 Å². The van der Waals surface area contributed by atoms with Gasteiger partial charge in [-0.1, -0.05) is 30.3 Å². The number of rotatable bonds is 8. The summed E-state index contributed by atoms with van der Waals surface area (Å²) in [5, 5.41) is 3.32. The Morgan fingerprint density at radius 2 is 2.08 bits per heavy atom. The first-order valence-corrected chi connectivity index (χ1v) is 9.24. The van der Waals surface area contributed by atoms with Crippen LogP contribution in [0.4, 0.5) is 0 Å². The molecule has 2 atom stereocenters. The van der Waals surface area contributed by atoms with E-state index in [9.17, 15) is 4.79 Å². The molecule has 2 heterocycles. The standard InChI is InChI=1S/C20H28N4O2/c1-3-24(14-16-7-5-4-6-8-16)19(25)13-21-11-17-12-22-23-20(17)18-10-9-15(2)26-18/h4-10,17,20-23H,3,11-14H2,1-2H3. The molecule has 0 radical (unpaired) electrons. The average molecular weight is 356 g/mol. The summed E-state index contributed by atoms with van der Waals surface area (Å²) >= 11 is 0. The Morgan fingerprint density at radius 1 is 1.27 bits per heavy atom. The van der Waals surface area contributed by atoms with E-state index in [0.29, 0.717) is 25.6 Å². The van der Waals surface area contributed by atoms with Crippen molar-refractivity contribution in [2.45, 2.75) is 26.4 Å². The Bertz CT molecular complexity index is 701. The van der Waals surface area contributed by atoms with Gasteiger partial charge in [-0.25, -0.2) is 5.43 Å². The molecule has 1 aromatic heterocycles. The van der Waals surface area contributed by atoms with Gasteiger partial charge in [-0.15, -0.1) is 0 Å². The Balaban J connectivity index is 1.47. The maximum atomic E-state index is 12.5. The van der Waals surface area contributed by atoms with Crippen LogP contribution in [0.15, 0.2) is 46.9 Å². The SMILES string of the molecule is CCN(Cc1ccccc1)C(=O)CNCC1CNNC1c1ccc(C)o1. The van der Waals surface area contributed by atoms with Crippen molar-refractivity contribution in [3.8, 4) is 0 Å². The van der Waals surface area contributed by atoms with Gasteiger partial charge in [-0.3, -0.25) is 10.2 Å². The van der Waals surface area contributed by atoms with Crippen LogP contribution in [-0.2, 0) is 11.3 Å². The second kappa shape index (κ2) is 8.98. The lowest BCUT2D eigenvalue weighted by Gasteiger charge is -2.22. The molecule has 1 fully saturated rings. The maximum Gasteiger partial charge on any atom is 0.236 e. The number of nitrogens with one attached hydrogen (secondary N) is 3. The molecular weight excluding hydrogens is 328 g/mol. The van der Waals surface area contributed by atoms with Gasteiger partial charge in [0.25, 0.3) is 0 Å². The summed E-state index contributed by atoms with van der Waals surface area (Å²) in [5.41, 5.74) is 7.60. The molecular formula is C20H28N4O2. The van der Waals surface area contributed by atoms with Crippen LogP contribution in [0.25, 0.3) is 0 Å². The Labute approximate surface area is 154 Å². The molecule has 26 heavy (non-hydrogen) atoms. The number of carbonyl (C=O) groups is 1. The monoisotopic (exact) mass is 356 g/mol. The molecule has 0 spiro atoms. The van der Waals surface area contributed by atoms with Crippen molar-refractivity contribution in [3.63, 3.8) is 0 Å². The molecule has 1 aromatic carbocycles. The summed E-state index contributed by atoms with van der Waals surface area (Å²) < 4.78 is 5.74. The largest absolute Gasteiger partial charge is 0.465 e. The molecule has 1 amide bonds. The van der Waals surface area contributed by atoms with Crippen LogP contribution in [0, 0.1) is 12.8 Å². The lowest BCUT2D eigenvalue weighted by atomic mass is 10.00. The quantitative estimate of drug-likeness (QED) is 0.675. The van der Waals surface area contributed by atoms with Crippen LogP contribution < -0.4 is 16.2 Å². The minimum Gasteiger partial charge on any atom is -0.465 e. The van der Waals surface area contributed by atoms with E-state index in [2.05, 4.69) is 28.3 Å².